The molecule has 0 unspecified atom stereocenters. The molecule has 1 atom stereocenters. The topological polar surface area (TPSA) is 49.4 Å². The number of nitrogens with zero attached hydrogens (tertiary/aromatic N) is 1. The van der Waals surface area contributed by atoms with Crippen molar-refractivity contribution < 1.29 is 9.59 Å². The van der Waals surface area contributed by atoms with E-state index in [1.54, 1.807) is 4.90 Å². The SMILES string of the molecule is CCCC(=O)N(Cc1cccc(Br)c1)[C@H](Cc1ccccc1)C(=O)NCC. The summed E-state index contributed by atoms with van der Waals surface area (Å²) in [5, 5.41) is 2.90. The van der Waals surface area contributed by atoms with Crippen LogP contribution >= 0.6 is 15.9 Å². The van der Waals surface area contributed by atoms with E-state index < -0.39 is 6.04 Å². The van der Waals surface area contributed by atoms with Gasteiger partial charge in [-0.3, -0.25) is 9.59 Å². The lowest BCUT2D eigenvalue weighted by molar-refractivity contribution is -0.141. The number of hydrogen-bond acceptors (Lipinski definition) is 2. The summed E-state index contributed by atoms with van der Waals surface area (Å²) in [5.74, 6) is -0.106. The number of amides is 2. The van der Waals surface area contributed by atoms with E-state index in [1.165, 1.54) is 0 Å². The highest BCUT2D eigenvalue weighted by atomic mass is 79.9. The number of carbonyl (C=O) groups is 2. The van der Waals surface area contributed by atoms with Gasteiger partial charge in [0.15, 0.2) is 0 Å². The first-order chi connectivity index (χ1) is 13.0. The first kappa shape index (κ1) is 21.2. The Balaban J connectivity index is 2.34. The monoisotopic (exact) mass is 430 g/mol. The van der Waals surface area contributed by atoms with Crippen LogP contribution in [-0.2, 0) is 22.6 Å². The van der Waals surface area contributed by atoms with Gasteiger partial charge in [0.05, 0.1) is 0 Å². The van der Waals surface area contributed by atoms with Crippen LogP contribution in [-0.4, -0.2) is 29.3 Å². The van der Waals surface area contributed by atoms with Crippen molar-refractivity contribution in [1.82, 2.24) is 10.2 Å². The van der Waals surface area contributed by atoms with Crippen LogP contribution in [0.1, 0.15) is 37.8 Å². The number of carbonyl (C=O) groups excluding carboxylic acids is 2. The van der Waals surface area contributed by atoms with Crippen molar-refractivity contribution in [1.29, 1.82) is 0 Å². The highest BCUT2D eigenvalue weighted by Crippen LogP contribution is 2.18. The van der Waals surface area contributed by atoms with Crippen LogP contribution in [0.5, 0.6) is 0 Å². The van der Waals surface area contributed by atoms with Crippen LogP contribution in [0.3, 0.4) is 0 Å². The van der Waals surface area contributed by atoms with Crippen molar-refractivity contribution in [3.8, 4) is 0 Å². The average Bonchev–Trinajstić information content (AvgIpc) is 2.66. The Hall–Kier alpha value is -2.14. The van der Waals surface area contributed by atoms with E-state index in [0.717, 1.165) is 22.0 Å². The summed E-state index contributed by atoms with van der Waals surface area (Å²) in [6.07, 6.45) is 1.68. The number of halogens is 1. The third-order valence-electron chi connectivity index (χ3n) is 4.33. The highest BCUT2D eigenvalue weighted by Gasteiger charge is 2.29. The van der Waals surface area contributed by atoms with Crippen molar-refractivity contribution >= 4 is 27.7 Å². The molecule has 0 saturated carbocycles. The second kappa shape index (κ2) is 10.9. The lowest BCUT2D eigenvalue weighted by atomic mass is 10.0. The summed E-state index contributed by atoms with van der Waals surface area (Å²) in [6, 6.07) is 17.2. The molecular formula is C22H27BrN2O2. The summed E-state index contributed by atoms with van der Waals surface area (Å²) in [7, 11) is 0. The Kier molecular flexibility index (Phi) is 8.52. The molecule has 0 bridgehead atoms. The van der Waals surface area contributed by atoms with Crippen LogP contribution in [0, 0.1) is 0 Å². The molecule has 5 heteroatoms. The summed E-state index contributed by atoms with van der Waals surface area (Å²) in [6.45, 7) is 4.82. The van der Waals surface area contributed by atoms with Gasteiger partial charge >= 0.3 is 0 Å². The Bertz CT molecular complexity index is 749. The van der Waals surface area contributed by atoms with Gasteiger partial charge in [-0.15, -0.1) is 0 Å². The molecule has 4 nitrogen and oxygen atoms in total. The zero-order chi connectivity index (χ0) is 19.6. The fourth-order valence-corrected chi connectivity index (χ4v) is 3.48. The molecule has 0 aromatic heterocycles. The number of hydrogen-bond donors (Lipinski definition) is 1. The maximum Gasteiger partial charge on any atom is 0.243 e. The number of nitrogens with one attached hydrogen (secondary N) is 1. The molecule has 27 heavy (non-hydrogen) atoms. The molecule has 2 rings (SSSR count). The van der Waals surface area contributed by atoms with Crippen LogP contribution in [0.15, 0.2) is 59.1 Å². The summed E-state index contributed by atoms with van der Waals surface area (Å²) in [4.78, 5) is 27.5. The molecule has 0 fully saturated rings. The first-order valence-corrected chi connectivity index (χ1v) is 10.2. The van der Waals surface area contributed by atoms with E-state index >= 15 is 0 Å². The van der Waals surface area contributed by atoms with Crippen LogP contribution in [0.25, 0.3) is 0 Å². The minimum absolute atomic E-state index is 0.00431. The third kappa shape index (κ3) is 6.51. The Morgan fingerprint density at radius 1 is 1.04 bits per heavy atom. The van der Waals surface area contributed by atoms with Gasteiger partial charge in [0.1, 0.15) is 6.04 Å². The van der Waals surface area contributed by atoms with E-state index in [-0.39, 0.29) is 11.8 Å². The minimum atomic E-state index is -0.537. The third-order valence-corrected chi connectivity index (χ3v) is 4.82. The van der Waals surface area contributed by atoms with Gasteiger partial charge in [-0.25, -0.2) is 0 Å². The van der Waals surface area contributed by atoms with E-state index in [2.05, 4.69) is 21.2 Å². The predicted molar refractivity (Wildman–Crippen MR) is 112 cm³/mol. The lowest BCUT2D eigenvalue weighted by Gasteiger charge is -2.31. The maximum absolute atomic E-state index is 12.9. The molecule has 0 radical (unpaired) electrons. The van der Waals surface area contributed by atoms with Gasteiger partial charge in [0.2, 0.25) is 11.8 Å². The normalized spacial score (nSPS) is 11.7. The van der Waals surface area contributed by atoms with Crippen molar-refractivity contribution in [2.24, 2.45) is 0 Å². The number of rotatable bonds is 9. The van der Waals surface area contributed by atoms with Gasteiger partial charge in [-0.05, 0) is 36.6 Å². The average molecular weight is 431 g/mol. The van der Waals surface area contributed by atoms with Crippen LogP contribution in [0.2, 0.25) is 0 Å². The number of benzene rings is 2. The van der Waals surface area contributed by atoms with E-state index in [1.807, 2.05) is 68.4 Å². The molecule has 0 aliphatic heterocycles. The zero-order valence-corrected chi connectivity index (χ0v) is 17.5. The van der Waals surface area contributed by atoms with Gasteiger partial charge in [-0.2, -0.15) is 0 Å². The van der Waals surface area contributed by atoms with Gasteiger partial charge < -0.3 is 10.2 Å². The van der Waals surface area contributed by atoms with E-state index in [0.29, 0.717) is 25.9 Å². The predicted octanol–water partition coefficient (Wildman–Crippen LogP) is 4.33. The van der Waals surface area contributed by atoms with Crippen molar-refractivity contribution in [3.05, 3.63) is 70.2 Å². The largest absolute Gasteiger partial charge is 0.355 e. The molecule has 2 aromatic rings. The maximum atomic E-state index is 12.9. The molecule has 2 aromatic carbocycles. The van der Waals surface area contributed by atoms with Crippen LogP contribution in [0.4, 0.5) is 0 Å². The van der Waals surface area contributed by atoms with E-state index in [4.69, 9.17) is 0 Å². The smallest absolute Gasteiger partial charge is 0.243 e. The summed E-state index contributed by atoms with van der Waals surface area (Å²) >= 11 is 3.48. The lowest BCUT2D eigenvalue weighted by Crippen LogP contribution is -2.50. The molecule has 1 N–H and O–H groups in total. The number of likely N-dealkylation sites (N-methyl/N-ethyl adjacent to an activating group) is 1. The quantitative estimate of drug-likeness (QED) is 0.643. The van der Waals surface area contributed by atoms with Crippen molar-refractivity contribution in [3.63, 3.8) is 0 Å². The highest BCUT2D eigenvalue weighted by molar-refractivity contribution is 9.10. The van der Waals surface area contributed by atoms with Crippen molar-refractivity contribution in [2.75, 3.05) is 6.54 Å². The van der Waals surface area contributed by atoms with Gasteiger partial charge in [0.25, 0.3) is 0 Å². The molecule has 2 amide bonds. The summed E-state index contributed by atoms with van der Waals surface area (Å²) in [5.41, 5.74) is 2.04. The molecule has 144 valence electrons. The fraction of sp³-hybridized carbons (Fsp3) is 0.364. The summed E-state index contributed by atoms with van der Waals surface area (Å²) < 4.78 is 0.959. The van der Waals surface area contributed by atoms with E-state index in [9.17, 15) is 9.59 Å². The second-order valence-electron chi connectivity index (χ2n) is 6.50. The molecule has 0 aliphatic rings. The molecule has 0 aliphatic carbocycles. The van der Waals surface area contributed by atoms with Crippen LogP contribution < -0.4 is 5.32 Å². The zero-order valence-electron chi connectivity index (χ0n) is 16.0. The first-order valence-electron chi connectivity index (χ1n) is 9.40. The van der Waals surface area contributed by atoms with Gasteiger partial charge in [-0.1, -0.05) is 65.3 Å². The standard InChI is InChI=1S/C22H27BrN2O2/c1-3-9-21(26)25(16-18-12-8-13-19(23)14-18)20(22(27)24-4-2)15-17-10-6-5-7-11-17/h5-8,10-14,20H,3-4,9,15-16H2,1-2H3,(H,24,27)/t20-/m1/s1. The molecule has 0 spiro atoms. The minimum Gasteiger partial charge on any atom is -0.355 e. The van der Waals surface area contributed by atoms with Gasteiger partial charge in [0, 0.05) is 30.4 Å². The molecule has 0 heterocycles. The fourth-order valence-electron chi connectivity index (χ4n) is 3.04. The Morgan fingerprint density at radius 3 is 2.37 bits per heavy atom. The Labute approximate surface area is 170 Å². The second-order valence-corrected chi connectivity index (χ2v) is 7.42. The molecular weight excluding hydrogens is 404 g/mol. The van der Waals surface area contributed by atoms with Crippen molar-refractivity contribution in [2.45, 2.75) is 45.7 Å². The Morgan fingerprint density at radius 2 is 1.74 bits per heavy atom. The molecule has 0 saturated heterocycles.